The zero-order valence-corrected chi connectivity index (χ0v) is 8.72. The second-order valence-electron chi connectivity index (χ2n) is 2.52. The zero-order chi connectivity index (χ0) is 9.52. The maximum Gasteiger partial charge on any atom is 0.0869 e. The molecule has 1 aromatic carbocycles. The Kier molecular flexibility index (Phi) is 5.31. The van der Waals surface area contributed by atoms with Crippen LogP contribution in [0.25, 0.3) is 0 Å². The molecule has 2 nitrogen and oxygen atoms in total. The van der Waals surface area contributed by atoms with Gasteiger partial charge in [-0.05, 0) is 12.1 Å². The second kappa shape index (κ2) is 6.32. The monoisotopic (exact) mass is 216 g/mol. The quantitative estimate of drug-likeness (QED) is 0.736. The lowest BCUT2D eigenvalue weighted by atomic mass is 10.4. The molecular formula is C9H12O2S2. The molecule has 0 bridgehead atoms. The van der Waals surface area contributed by atoms with E-state index >= 15 is 0 Å². The first kappa shape index (κ1) is 10.9. The van der Waals surface area contributed by atoms with Crippen molar-refractivity contribution in [1.29, 1.82) is 0 Å². The summed E-state index contributed by atoms with van der Waals surface area (Å²) in [5, 5.41) is 17.6. The molecule has 13 heavy (non-hydrogen) atoms. The van der Waals surface area contributed by atoms with Crippen LogP contribution >= 0.6 is 21.6 Å². The highest BCUT2D eigenvalue weighted by Gasteiger charge is 2.01. The van der Waals surface area contributed by atoms with Gasteiger partial charge in [-0.3, -0.25) is 0 Å². The molecule has 4 heteroatoms. The number of aliphatic hydroxyl groups is 2. The number of hydrogen-bond acceptors (Lipinski definition) is 4. The van der Waals surface area contributed by atoms with Crippen LogP contribution in [0.1, 0.15) is 0 Å². The molecule has 0 saturated heterocycles. The van der Waals surface area contributed by atoms with Crippen molar-refractivity contribution in [2.24, 2.45) is 0 Å². The van der Waals surface area contributed by atoms with Gasteiger partial charge in [0.1, 0.15) is 0 Å². The summed E-state index contributed by atoms with van der Waals surface area (Å²) in [5.41, 5.74) is 0. The summed E-state index contributed by atoms with van der Waals surface area (Å²) in [6.07, 6.45) is -0.610. The molecule has 0 aliphatic heterocycles. The molecule has 0 aromatic heterocycles. The predicted octanol–water partition coefficient (Wildman–Crippen LogP) is 1.78. The molecule has 0 spiro atoms. The SMILES string of the molecule is OCC(O)CSSc1ccccc1. The smallest absolute Gasteiger partial charge is 0.0869 e. The zero-order valence-electron chi connectivity index (χ0n) is 7.09. The van der Waals surface area contributed by atoms with Gasteiger partial charge < -0.3 is 10.2 Å². The van der Waals surface area contributed by atoms with E-state index in [4.69, 9.17) is 10.2 Å². The molecule has 1 aromatic rings. The van der Waals surface area contributed by atoms with Crippen LogP contribution < -0.4 is 0 Å². The van der Waals surface area contributed by atoms with Crippen LogP contribution in [-0.2, 0) is 0 Å². The van der Waals surface area contributed by atoms with Crippen molar-refractivity contribution in [1.82, 2.24) is 0 Å². The standard InChI is InChI=1S/C9H12O2S2/c10-6-8(11)7-12-13-9-4-2-1-3-5-9/h1-5,8,10-11H,6-7H2. The van der Waals surface area contributed by atoms with Gasteiger partial charge in [-0.25, -0.2) is 0 Å². The lowest BCUT2D eigenvalue weighted by molar-refractivity contribution is 0.114. The number of benzene rings is 1. The van der Waals surface area contributed by atoms with Crippen LogP contribution in [0.15, 0.2) is 35.2 Å². The third-order valence-electron chi connectivity index (χ3n) is 1.37. The van der Waals surface area contributed by atoms with E-state index in [1.54, 1.807) is 21.6 Å². The van der Waals surface area contributed by atoms with Gasteiger partial charge in [-0.2, -0.15) is 0 Å². The van der Waals surface area contributed by atoms with Crippen molar-refractivity contribution >= 4 is 21.6 Å². The molecular weight excluding hydrogens is 204 g/mol. The van der Waals surface area contributed by atoms with E-state index in [0.29, 0.717) is 5.75 Å². The number of rotatable bonds is 5. The summed E-state index contributed by atoms with van der Waals surface area (Å²) in [5.74, 6) is 0.552. The van der Waals surface area contributed by atoms with Crippen molar-refractivity contribution < 1.29 is 10.2 Å². The van der Waals surface area contributed by atoms with Gasteiger partial charge in [-0.1, -0.05) is 39.8 Å². The third-order valence-corrected chi connectivity index (χ3v) is 3.81. The summed E-state index contributed by atoms with van der Waals surface area (Å²) in [6.45, 7) is -0.164. The Labute approximate surface area is 85.8 Å². The summed E-state index contributed by atoms with van der Waals surface area (Å²) in [7, 11) is 3.16. The maximum absolute atomic E-state index is 9.05. The van der Waals surface area contributed by atoms with E-state index in [1.165, 1.54) is 0 Å². The summed E-state index contributed by atoms with van der Waals surface area (Å²) < 4.78 is 0. The van der Waals surface area contributed by atoms with Crippen molar-refractivity contribution in [3.05, 3.63) is 30.3 Å². The first-order chi connectivity index (χ1) is 6.33. The Hall–Kier alpha value is -0.160. The predicted molar refractivity (Wildman–Crippen MR) is 57.8 cm³/mol. The van der Waals surface area contributed by atoms with Gasteiger partial charge in [0, 0.05) is 10.6 Å². The van der Waals surface area contributed by atoms with Crippen LogP contribution in [0, 0.1) is 0 Å². The van der Waals surface area contributed by atoms with E-state index in [-0.39, 0.29) is 6.61 Å². The van der Waals surface area contributed by atoms with Crippen LogP contribution in [-0.4, -0.2) is 28.7 Å². The van der Waals surface area contributed by atoms with Gasteiger partial charge in [-0.15, -0.1) is 0 Å². The Morgan fingerprint density at radius 2 is 1.92 bits per heavy atom. The highest BCUT2D eigenvalue weighted by molar-refractivity contribution is 8.76. The molecule has 0 aliphatic carbocycles. The van der Waals surface area contributed by atoms with Gasteiger partial charge in [0.2, 0.25) is 0 Å². The molecule has 0 radical (unpaired) electrons. The number of hydrogen-bond donors (Lipinski definition) is 2. The Morgan fingerprint density at radius 1 is 1.23 bits per heavy atom. The van der Waals surface area contributed by atoms with E-state index < -0.39 is 6.10 Å². The Balaban J connectivity index is 2.20. The fourth-order valence-electron chi connectivity index (χ4n) is 0.709. The van der Waals surface area contributed by atoms with Crippen molar-refractivity contribution in [3.8, 4) is 0 Å². The fourth-order valence-corrected chi connectivity index (χ4v) is 2.86. The first-order valence-electron chi connectivity index (χ1n) is 3.96. The van der Waals surface area contributed by atoms with E-state index in [2.05, 4.69) is 0 Å². The van der Waals surface area contributed by atoms with Crippen LogP contribution in [0.3, 0.4) is 0 Å². The van der Waals surface area contributed by atoms with Gasteiger partial charge in [0.25, 0.3) is 0 Å². The van der Waals surface area contributed by atoms with Crippen molar-refractivity contribution in [2.75, 3.05) is 12.4 Å². The summed E-state index contributed by atoms with van der Waals surface area (Å²) in [6, 6.07) is 9.96. The molecule has 0 heterocycles. The molecule has 0 saturated carbocycles. The van der Waals surface area contributed by atoms with E-state index in [0.717, 1.165) is 4.90 Å². The fraction of sp³-hybridized carbons (Fsp3) is 0.333. The molecule has 1 atom stereocenters. The van der Waals surface area contributed by atoms with Gasteiger partial charge in [0.05, 0.1) is 12.7 Å². The van der Waals surface area contributed by atoms with Crippen molar-refractivity contribution in [2.45, 2.75) is 11.0 Å². The van der Waals surface area contributed by atoms with E-state index in [9.17, 15) is 0 Å². The van der Waals surface area contributed by atoms with Crippen LogP contribution in [0.5, 0.6) is 0 Å². The number of aliphatic hydroxyl groups excluding tert-OH is 2. The average Bonchev–Trinajstić information content (AvgIpc) is 2.19. The molecule has 0 aliphatic rings. The highest BCUT2D eigenvalue weighted by Crippen LogP contribution is 2.30. The lowest BCUT2D eigenvalue weighted by Crippen LogP contribution is -2.13. The lowest BCUT2D eigenvalue weighted by Gasteiger charge is -2.05. The minimum Gasteiger partial charge on any atom is -0.394 e. The third kappa shape index (κ3) is 4.57. The molecule has 0 amide bonds. The van der Waals surface area contributed by atoms with E-state index in [1.807, 2.05) is 30.3 Å². The minimum absolute atomic E-state index is 0.164. The first-order valence-corrected chi connectivity index (χ1v) is 6.28. The van der Waals surface area contributed by atoms with Crippen LogP contribution in [0.4, 0.5) is 0 Å². The Morgan fingerprint density at radius 3 is 2.54 bits per heavy atom. The minimum atomic E-state index is -0.610. The Bertz CT molecular complexity index is 228. The average molecular weight is 216 g/mol. The van der Waals surface area contributed by atoms with Crippen molar-refractivity contribution in [3.63, 3.8) is 0 Å². The normalized spacial score (nSPS) is 12.8. The molecule has 1 rings (SSSR count). The van der Waals surface area contributed by atoms with Gasteiger partial charge in [0.15, 0.2) is 0 Å². The molecule has 2 N–H and O–H groups in total. The van der Waals surface area contributed by atoms with Gasteiger partial charge >= 0.3 is 0 Å². The van der Waals surface area contributed by atoms with Crippen LogP contribution in [0.2, 0.25) is 0 Å². The highest BCUT2D eigenvalue weighted by atomic mass is 33.1. The molecule has 0 fully saturated rings. The maximum atomic E-state index is 9.05. The summed E-state index contributed by atoms with van der Waals surface area (Å²) >= 11 is 0. The summed E-state index contributed by atoms with van der Waals surface area (Å²) in [4.78, 5) is 1.16. The molecule has 1 unspecified atom stereocenters. The topological polar surface area (TPSA) is 40.5 Å². The largest absolute Gasteiger partial charge is 0.394 e. The second-order valence-corrected chi connectivity index (χ2v) is 4.93. The molecule has 72 valence electrons.